The first kappa shape index (κ1) is 53.5. The molecule has 4 rings (SSSR count). The van der Waals surface area contributed by atoms with Crippen molar-refractivity contribution in [2.24, 2.45) is 16.8 Å². The number of hydrazone groups is 1. The molecule has 0 aliphatic carbocycles. The summed E-state index contributed by atoms with van der Waals surface area (Å²) in [6.07, 6.45) is 4.67. The number of hydrogen-bond acceptors (Lipinski definition) is 14. The van der Waals surface area contributed by atoms with Gasteiger partial charge in [0.05, 0.1) is 18.3 Å². The minimum atomic E-state index is -4.48. The maximum Gasteiger partial charge on any atom is 0.295 e. The van der Waals surface area contributed by atoms with Crippen molar-refractivity contribution in [1.82, 2.24) is 48.2 Å². The van der Waals surface area contributed by atoms with Crippen molar-refractivity contribution >= 4 is 63.5 Å². The Hall–Kier alpha value is -6.82. The van der Waals surface area contributed by atoms with Gasteiger partial charge in [0.1, 0.15) is 34.9 Å². The van der Waals surface area contributed by atoms with Gasteiger partial charge in [0.25, 0.3) is 21.9 Å². The van der Waals surface area contributed by atoms with E-state index in [0.717, 1.165) is 5.56 Å². The number of likely N-dealkylation sites (tertiary alicyclic amines) is 1. The normalized spacial score (nSPS) is 14.8. The summed E-state index contributed by atoms with van der Waals surface area (Å²) >= 11 is 0. The van der Waals surface area contributed by atoms with Crippen LogP contribution in [0.5, 0.6) is 0 Å². The van der Waals surface area contributed by atoms with Crippen molar-refractivity contribution in [1.29, 1.82) is 0 Å². The fourth-order valence-electron chi connectivity index (χ4n) is 6.87. The number of pyridine rings is 1. The van der Waals surface area contributed by atoms with Gasteiger partial charge in [0.15, 0.2) is 0 Å². The van der Waals surface area contributed by atoms with Crippen LogP contribution in [0.3, 0.4) is 0 Å². The van der Waals surface area contributed by atoms with Crippen LogP contribution in [0.1, 0.15) is 80.8 Å². The van der Waals surface area contributed by atoms with E-state index in [1.54, 1.807) is 6.07 Å². The standard InChI is InChI=1S/C43H57N11O10S.H3N/c1-27(2)23-34(42(60)53-52-39(57)31-18-20-37(45-24-31)51-47-25-30-13-7-8-16-36(30)65(62,63)64)50-41(59)33(19-17-29-11-5-4-6-12-29)48-38(56)26-46-40(58)32(14-9-21-44)49-43(61)35-15-10-22-54(35)28(3)55;/h4-8,11-13,16,18,20,24-25,27,32-35H,9-10,14-15,17,19,21-23,26,44H2,1-3H3,(H,45,51)(H,46,58)(H,48,56)(H,49,61)(H,50,59)(H,52,57)(H,53,60)(H,62,63,64);1H3/t32-,33-,34-,35-;/m0./s1. The number of rotatable bonds is 22. The predicted molar refractivity (Wildman–Crippen MR) is 244 cm³/mol. The highest BCUT2D eigenvalue weighted by molar-refractivity contribution is 7.86. The first-order chi connectivity index (χ1) is 31.0. The van der Waals surface area contributed by atoms with Crippen molar-refractivity contribution in [3.63, 3.8) is 0 Å². The second-order valence-electron chi connectivity index (χ2n) is 15.7. The molecule has 13 N–H and O–H groups in total. The summed E-state index contributed by atoms with van der Waals surface area (Å²) in [7, 11) is -4.48. The Morgan fingerprint density at radius 3 is 2.23 bits per heavy atom. The Kier molecular flexibility index (Phi) is 21.3. The molecule has 0 saturated carbocycles. The van der Waals surface area contributed by atoms with Gasteiger partial charge in [-0.15, -0.1) is 0 Å². The maximum absolute atomic E-state index is 13.9. The van der Waals surface area contributed by atoms with Crippen LogP contribution in [0.25, 0.3) is 0 Å². The Bertz CT molecular complexity index is 2280. The zero-order valence-electron chi connectivity index (χ0n) is 37.1. The van der Waals surface area contributed by atoms with Gasteiger partial charge >= 0.3 is 0 Å². The number of carbonyl (C=O) groups excluding carboxylic acids is 7. The molecule has 0 spiro atoms. The molecule has 0 bridgehead atoms. The van der Waals surface area contributed by atoms with E-state index < -0.39 is 76.3 Å². The van der Waals surface area contributed by atoms with Crippen LogP contribution in [0.4, 0.5) is 5.82 Å². The van der Waals surface area contributed by atoms with Gasteiger partial charge in [-0.2, -0.15) is 13.5 Å². The highest BCUT2D eigenvalue weighted by Crippen LogP contribution is 2.18. The molecule has 1 fully saturated rings. The molecule has 0 unspecified atom stereocenters. The Balaban J connectivity index is 0.0000116. The number of aromatic nitrogens is 1. The van der Waals surface area contributed by atoms with Gasteiger partial charge in [-0.25, -0.2) is 4.98 Å². The lowest BCUT2D eigenvalue weighted by molar-refractivity contribution is -0.138. The van der Waals surface area contributed by atoms with Crippen LogP contribution in [0.2, 0.25) is 0 Å². The highest BCUT2D eigenvalue weighted by Gasteiger charge is 2.35. The topological polar surface area (TPSA) is 348 Å². The Labute approximate surface area is 383 Å². The third-order valence-electron chi connectivity index (χ3n) is 10.2. The molecule has 0 radical (unpaired) electrons. The molecule has 22 nitrogen and oxygen atoms in total. The Morgan fingerprint density at radius 1 is 0.879 bits per heavy atom. The maximum atomic E-state index is 13.9. The molecule has 3 aromatic rings. The zero-order valence-corrected chi connectivity index (χ0v) is 37.9. The minimum Gasteiger partial charge on any atom is -0.345 e. The van der Waals surface area contributed by atoms with Crippen molar-refractivity contribution in [2.45, 2.75) is 94.8 Å². The lowest BCUT2D eigenvalue weighted by atomic mass is 10.0. The molecule has 7 amide bonds. The number of amides is 7. The second-order valence-corrected chi connectivity index (χ2v) is 17.1. The first-order valence-electron chi connectivity index (χ1n) is 21.1. The van der Waals surface area contributed by atoms with E-state index in [4.69, 9.17) is 5.73 Å². The number of nitrogens with zero attached hydrogens (tertiary/aromatic N) is 3. The van der Waals surface area contributed by atoms with Gasteiger partial charge in [-0.1, -0.05) is 62.4 Å². The molecule has 2 aromatic carbocycles. The number of carbonyl (C=O) groups is 7. The van der Waals surface area contributed by atoms with Crippen molar-refractivity contribution in [3.05, 3.63) is 89.6 Å². The van der Waals surface area contributed by atoms with Crippen molar-refractivity contribution < 1.29 is 46.5 Å². The summed E-state index contributed by atoms with van der Waals surface area (Å²) in [5.41, 5.74) is 13.9. The van der Waals surface area contributed by atoms with Gasteiger partial charge in [0, 0.05) is 25.2 Å². The number of hydrazine groups is 1. The predicted octanol–water partition coefficient (Wildman–Crippen LogP) is 0.697. The summed E-state index contributed by atoms with van der Waals surface area (Å²) in [5.74, 6) is -4.19. The minimum absolute atomic E-state index is 0. The van der Waals surface area contributed by atoms with E-state index in [2.05, 4.69) is 47.6 Å². The van der Waals surface area contributed by atoms with E-state index in [1.165, 1.54) is 54.6 Å². The number of anilines is 1. The smallest absolute Gasteiger partial charge is 0.295 e. The summed E-state index contributed by atoms with van der Waals surface area (Å²) in [5, 5.41) is 14.5. The van der Waals surface area contributed by atoms with Crippen LogP contribution in [-0.2, 0) is 45.3 Å². The van der Waals surface area contributed by atoms with E-state index in [9.17, 15) is 46.5 Å². The highest BCUT2D eigenvalue weighted by atomic mass is 32.2. The Morgan fingerprint density at radius 2 is 1.58 bits per heavy atom. The molecule has 66 heavy (non-hydrogen) atoms. The quantitative estimate of drug-likeness (QED) is 0.0377. The monoisotopic (exact) mass is 936 g/mol. The third-order valence-corrected chi connectivity index (χ3v) is 11.1. The number of nitrogens with two attached hydrogens (primary N) is 1. The summed E-state index contributed by atoms with van der Waals surface area (Å²) < 4.78 is 32.7. The number of benzene rings is 2. The third kappa shape index (κ3) is 17.0. The molecule has 1 aromatic heterocycles. The van der Waals surface area contributed by atoms with E-state index >= 15 is 0 Å². The van der Waals surface area contributed by atoms with Crippen molar-refractivity contribution in [2.75, 3.05) is 25.1 Å². The SMILES string of the molecule is CC(=O)N1CCC[C@H]1C(=O)N[C@@H](CCCN)C(=O)NCC(=O)N[C@@H](CCc1ccccc1)C(=O)N[C@@H](CC(C)C)C(=O)NNC(=O)c1ccc(NN=Cc2ccccc2S(=O)(=O)O)nc1.N. The largest absolute Gasteiger partial charge is 0.345 e. The van der Waals surface area contributed by atoms with Gasteiger partial charge in [0.2, 0.25) is 29.5 Å². The van der Waals surface area contributed by atoms with Crippen LogP contribution in [0, 0.1) is 5.92 Å². The van der Waals surface area contributed by atoms with Gasteiger partial charge < -0.3 is 38.1 Å². The number of aryl methyl sites for hydroxylation is 1. The molecule has 358 valence electrons. The molecule has 1 saturated heterocycles. The average molecular weight is 937 g/mol. The van der Waals surface area contributed by atoms with E-state index in [0.29, 0.717) is 32.2 Å². The van der Waals surface area contributed by atoms with Crippen LogP contribution >= 0.6 is 0 Å². The van der Waals surface area contributed by atoms with E-state index in [1.807, 2.05) is 44.2 Å². The first-order valence-corrected chi connectivity index (χ1v) is 22.5. The number of nitrogens with one attached hydrogen (secondary N) is 7. The lowest BCUT2D eigenvalue weighted by Crippen LogP contribution is -2.57. The molecule has 4 atom stereocenters. The molecular weight excluding hydrogens is 877 g/mol. The van der Waals surface area contributed by atoms with Gasteiger partial charge in [-0.3, -0.25) is 54.4 Å². The molecule has 1 aliphatic heterocycles. The van der Waals surface area contributed by atoms with Gasteiger partial charge in [-0.05, 0) is 81.2 Å². The van der Waals surface area contributed by atoms with E-state index in [-0.39, 0.29) is 65.6 Å². The van der Waals surface area contributed by atoms with Crippen LogP contribution < -0.4 is 49.4 Å². The van der Waals surface area contributed by atoms with Crippen molar-refractivity contribution in [3.8, 4) is 0 Å². The zero-order chi connectivity index (χ0) is 47.5. The summed E-state index contributed by atoms with van der Waals surface area (Å²) in [4.78, 5) is 97.2. The molecule has 1 aliphatic rings. The number of hydrogen-bond donors (Lipinski definition) is 10. The molecular formula is C43H60N12O10S. The second kappa shape index (κ2) is 26.2. The lowest BCUT2D eigenvalue weighted by Gasteiger charge is -2.26. The molecule has 23 heteroatoms. The van der Waals surface area contributed by atoms with Crippen LogP contribution in [-0.4, -0.2) is 114 Å². The summed E-state index contributed by atoms with van der Waals surface area (Å²) in [6.45, 7) is 5.17. The fourth-order valence-corrected chi connectivity index (χ4v) is 7.54. The van der Waals surface area contributed by atoms with Crippen LogP contribution in [0.15, 0.2) is 82.9 Å². The fraction of sp³-hybridized carbons (Fsp3) is 0.419. The summed E-state index contributed by atoms with van der Waals surface area (Å²) in [6, 6.07) is 13.6. The average Bonchev–Trinajstić information content (AvgIpc) is 3.78. The molecule has 2 heterocycles.